The molecule has 126 valence electrons. The van der Waals surface area contributed by atoms with Crippen molar-refractivity contribution in [3.05, 3.63) is 41.2 Å². The Morgan fingerprint density at radius 3 is 2.71 bits per heavy atom. The van der Waals surface area contributed by atoms with Crippen LogP contribution in [0.25, 0.3) is 0 Å². The largest absolute Gasteiger partial charge is 0.504 e. The quantitative estimate of drug-likeness (QED) is 0.360. The van der Waals surface area contributed by atoms with Crippen LogP contribution < -0.4 is 10.2 Å². The van der Waals surface area contributed by atoms with Crippen molar-refractivity contribution in [1.82, 2.24) is 15.4 Å². The number of thioether (sulfide) groups is 1. The van der Waals surface area contributed by atoms with Crippen LogP contribution in [-0.4, -0.2) is 40.1 Å². The molecule has 1 amide bonds. The van der Waals surface area contributed by atoms with E-state index >= 15 is 0 Å². The topological polar surface area (TPSA) is 96.7 Å². The Balaban J connectivity index is 1.86. The number of rotatable bonds is 6. The maximum absolute atomic E-state index is 11.8. The highest BCUT2D eigenvalue weighted by molar-refractivity contribution is 7.99. The van der Waals surface area contributed by atoms with E-state index in [4.69, 9.17) is 4.74 Å². The van der Waals surface area contributed by atoms with E-state index in [1.54, 1.807) is 12.1 Å². The van der Waals surface area contributed by atoms with Crippen molar-refractivity contribution in [2.24, 2.45) is 5.10 Å². The number of methoxy groups -OCH3 is 1. The van der Waals surface area contributed by atoms with Gasteiger partial charge in [-0.25, -0.2) is 15.4 Å². The maximum Gasteiger partial charge on any atom is 0.250 e. The van der Waals surface area contributed by atoms with Gasteiger partial charge in [-0.05, 0) is 43.7 Å². The van der Waals surface area contributed by atoms with Crippen LogP contribution in [0, 0.1) is 13.8 Å². The lowest BCUT2D eigenvalue weighted by Crippen LogP contribution is -2.19. The van der Waals surface area contributed by atoms with Gasteiger partial charge in [0.15, 0.2) is 16.7 Å². The van der Waals surface area contributed by atoms with Gasteiger partial charge in [-0.3, -0.25) is 4.79 Å². The van der Waals surface area contributed by atoms with Crippen LogP contribution in [0.5, 0.6) is 11.5 Å². The Hall–Kier alpha value is -2.61. The lowest BCUT2D eigenvalue weighted by molar-refractivity contribution is -0.118. The number of hydrogen-bond donors (Lipinski definition) is 2. The number of aromatic hydroxyl groups is 1. The van der Waals surface area contributed by atoms with Gasteiger partial charge in [0, 0.05) is 11.4 Å². The Kier molecular flexibility index (Phi) is 6.14. The predicted octanol–water partition coefficient (Wildman–Crippen LogP) is 2.05. The van der Waals surface area contributed by atoms with Gasteiger partial charge in [0.25, 0.3) is 5.91 Å². The number of carbonyl (C=O) groups is 1. The Bertz CT molecular complexity index is 745. The molecule has 0 aliphatic rings. The number of hydrogen-bond acceptors (Lipinski definition) is 7. The molecule has 2 aromatic rings. The van der Waals surface area contributed by atoms with Crippen LogP contribution in [0.15, 0.2) is 34.5 Å². The number of phenolic OH excluding ortho intramolecular Hbond substituents is 1. The van der Waals surface area contributed by atoms with E-state index in [1.165, 1.54) is 31.2 Å². The molecule has 7 nitrogen and oxygen atoms in total. The molecule has 2 N–H and O–H groups in total. The highest BCUT2D eigenvalue weighted by Gasteiger charge is 2.05. The average molecular weight is 346 g/mol. The Morgan fingerprint density at radius 1 is 1.33 bits per heavy atom. The molecule has 2 rings (SSSR count). The van der Waals surface area contributed by atoms with Crippen LogP contribution in [0.2, 0.25) is 0 Å². The van der Waals surface area contributed by atoms with Gasteiger partial charge in [-0.15, -0.1) is 0 Å². The van der Waals surface area contributed by atoms with E-state index in [-0.39, 0.29) is 17.4 Å². The Morgan fingerprint density at radius 2 is 2.04 bits per heavy atom. The molecular weight excluding hydrogens is 328 g/mol. The lowest BCUT2D eigenvalue weighted by atomic mass is 10.2. The molecule has 0 saturated carbocycles. The molecule has 1 aromatic carbocycles. The second-order valence-electron chi connectivity index (χ2n) is 4.95. The number of carbonyl (C=O) groups excluding carboxylic acids is 1. The molecule has 0 atom stereocenters. The predicted molar refractivity (Wildman–Crippen MR) is 92.6 cm³/mol. The minimum atomic E-state index is -0.259. The van der Waals surface area contributed by atoms with Gasteiger partial charge >= 0.3 is 0 Å². The second-order valence-corrected chi connectivity index (χ2v) is 5.89. The molecule has 0 fully saturated rings. The monoisotopic (exact) mass is 346 g/mol. The third-order valence-corrected chi connectivity index (χ3v) is 3.75. The number of aryl methyl sites for hydroxylation is 2. The van der Waals surface area contributed by atoms with Gasteiger partial charge < -0.3 is 9.84 Å². The maximum atomic E-state index is 11.8. The molecule has 1 aromatic heterocycles. The molecule has 0 spiro atoms. The van der Waals surface area contributed by atoms with E-state index in [1.807, 2.05) is 19.9 Å². The van der Waals surface area contributed by atoms with E-state index in [9.17, 15) is 9.90 Å². The number of ether oxygens (including phenoxy) is 1. The average Bonchev–Trinajstić information content (AvgIpc) is 2.53. The summed E-state index contributed by atoms with van der Waals surface area (Å²) in [5.41, 5.74) is 4.85. The first kappa shape index (κ1) is 17.7. The number of amides is 1. The minimum Gasteiger partial charge on any atom is -0.504 e. The summed E-state index contributed by atoms with van der Waals surface area (Å²) in [5, 5.41) is 14.0. The molecule has 1 heterocycles. The van der Waals surface area contributed by atoms with E-state index in [2.05, 4.69) is 20.5 Å². The van der Waals surface area contributed by atoms with Crippen LogP contribution in [0.3, 0.4) is 0 Å². The number of nitrogens with one attached hydrogen (secondary N) is 1. The molecule has 0 aliphatic carbocycles. The van der Waals surface area contributed by atoms with Crippen molar-refractivity contribution in [1.29, 1.82) is 0 Å². The smallest absolute Gasteiger partial charge is 0.250 e. The zero-order valence-electron chi connectivity index (χ0n) is 13.6. The normalized spacial score (nSPS) is 10.8. The lowest BCUT2D eigenvalue weighted by Gasteiger charge is -2.04. The molecule has 8 heteroatoms. The summed E-state index contributed by atoms with van der Waals surface area (Å²) in [6.45, 7) is 3.77. The van der Waals surface area contributed by atoms with Crippen molar-refractivity contribution in [3.8, 4) is 11.5 Å². The molecule has 0 bridgehead atoms. The molecule has 24 heavy (non-hydrogen) atoms. The van der Waals surface area contributed by atoms with Crippen LogP contribution >= 0.6 is 11.8 Å². The number of benzene rings is 1. The summed E-state index contributed by atoms with van der Waals surface area (Å²) < 4.78 is 5.00. The third-order valence-electron chi connectivity index (χ3n) is 2.90. The number of hydrazone groups is 1. The van der Waals surface area contributed by atoms with Gasteiger partial charge in [-0.1, -0.05) is 11.8 Å². The van der Waals surface area contributed by atoms with Crippen LogP contribution in [0.1, 0.15) is 17.0 Å². The fourth-order valence-corrected chi connectivity index (χ4v) is 2.62. The number of aromatic nitrogens is 2. The van der Waals surface area contributed by atoms with Crippen molar-refractivity contribution in [2.75, 3.05) is 12.9 Å². The first-order chi connectivity index (χ1) is 11.5. The summed E-state index contributed by atoms with van der Waals surface area (Å²) in [5.74, 6) is 0.292. The highest BCUT2D eigenvalue weighted by atomic mass is 32.2. The first-order valence-electron chi connectivity index (χ1n) is 7.12. The zero-order chi connectivity index (χ0) is 17.5. The highest BCUT2D eigenvalue weighted by Crippen LogP contribution is 2.25. The van der Waals surface area contributed by atoms with Crippen molar-refractivity contribution in [2.45, 2.75) is 19.0 Å². The summed E-state index contributed by atoms with van der Waals surface area (Å²) in [6, 6.07) is 6.64. The van der Waals surface area contributed by atoms with Crippen molar-refractivity contribution >= 4 is 23.9 Å². The van der Waals surface area contributed by atoms with Gasteiger partial charge in [0.2, 0.25) is 0 Å². The standard InChI is InChI=1S/C16H18N4O3S/c1-10-6-11(2)19-16(18-10)24-9-15(22)20-17-8-12-4-5-13(21)14(7-12)23-3/h4-8,21H,9H2,1-3H3,(H,20,22)/b17-8-. The van der Waals surface area contributed by atoms with Crippen LogP contribution in [-0.2, 0) is 4.79 Å². The molecule has 0 aliphatic heterocycles. The molecule has 0 unspecified atom stereocenters. The first-order valence-corrected chi connectivity index (χ1v) is 8.10. The fraction of sp³-hybridized carbons (Fsp3) is 0.250. The third kappa shape index (κ3) is 5.24. The van der Waals surface area contributed by atoms with Crippen molar-refractivity contribution < 1.29 is 14.6 Å². The minimum absolute atomic E-state index is 0.0449. The van der Waals surface area contributed by atoms with E-state index in [0.29, 0.717) is 16.5 Å². The molecule has 0 radical (unpaired) electrons. The van der Waals surface area contributed by atoms with Gasteiger partial charge in [-0.2, -0.15) is 5.10 Å². The summed E-state index contributed by atoms with van der Waals surface area (Å²) >= 11 is 1.25. The number of nitrogens with zero attached hydrogens (tertiary/aromatic N) is 3. The summed E-state index contributed by atoms with van der Waals surface area (Å²) in [6.07, 6.45) is 1.47. The van der Waals surface area contributed by atoms with Gasteiger partial charge in [0.05, 0.1) is 19.1 Å². The SMILES string of the molecule is COc1cc(/C=N\NC(=O)CSc2nc(C)cc(C)n2)ccc1O. The zero-order valence-corrected chi connectivity index (χ0v) is 14.4. The molecular formula is C16H18N4O3S. The summed E-state index contributed by atoms with van der Waals surface area (Å²) in [7, 11) is 1.46. The second kappa shape index (κ2) is 8.30. The van der Waals surface area contributed by atoms with E-state index < -0.39 is 0 Å². The molecule has 0 saturated heterocycles. The summed E-state index contributed by atoms with van der Waals surface area (Å²) in [4.78, 5) is 20.3. The fourth-order valence-electron chi connectivity index (χ4n) is 1.87. The van der Waals surface area contributed by atoms with Crippen LogP contribution in [0.4, 0.5) is 0 Å². The van der Waals surface area contributed by atoms with Gasteiger partial charge in [0.1, 0.15) is 0 Å². The van der Waals surface area contributed by atoms with Crippen molar-refractivity contribution in [3.63, 3.8) is 0 Å². The Labute approximate surface area is 144 Å². The number of phenols is 1. The van der Waals surface area contributed by atoms with E-state index in [0.717, 1.165) is 11.4 Å².